The molecule has 3 rings (SSSR count). The minimum atomic E-state index is -0.469. The normalized spacial score (nSPS) is 15.0. The minimum absolute atomic E-state index is 0.302. The number of benzene rings is 1. The molecule has 0 spiro atoms. The summed E-state index contributed by atoms with van der Waals surface area (Å²) in [5.74, 6) is -0.220. The number of carbonyl (C=O) groups excluding carboxylic acids is 3. The largest absolute Gasteiger partial charge is 0.494 e. The van der Waals surface area contributed by atoms with Gasteiger partial charge in [-0.2, -0.15) is 0 Å². The summed E-state index contributed by atoms with van der Waals surface area (Å²) in [6.45, 7) is 7.32. The van der Waals surface area contributed by atoms with Gasteiger partial charge in [0.15, 0.2) is 0 Å². The van der Waals surface area contributed by atoms with Gasteiger partial charge in [0.2, 0.25) is 5.91 Å². The fraction of sp³-hybridized carbons (Fsp3) is 0.348. The van der Waals surface area contributed by atoms with Crippen LogP contribution in [0.1, 0.15) is 23.9 Å². The van der Waals surface area contributed by atoms with E-state index in [0.29, 0.717) is 36.1 Å². The maximum atomic E-state index is 12.8. The predicted octanol–water partition coefficient (Wildman–Crippen LogP) is 3.83. The summed E-state index contributed by atoms with van der Waals surface area (Å²) < 4.78 is 12.6. The lowest BCUT2D eigenvalue weighted by Gasteiger charge is -2.12. The third-order valence-corrected chi connectivity index (χ3v) is 5.95. The van der Waals surface area contributed by atoms with Gasteiger partial charge in [0.25, 0.3) is 11.1 Å². The summed E-state index contributed by atoms with van der Waals surface area (Å²) in [6, 6.07) is 8.86. The van der Waals surface area contributed by atoms with Gasteiger partial charge < -0.3 is 19.4 Å². The van der Waals surface area contributed by atoms with Crippen LogP contribution >= 0.6 is 11.8 Å². The third-order valence-electron chi connectivity index (χ3n) is 5.04. The van der Waals surface area contributed by atoms with Crippen LogP contribution in [0.25, 0.3) is 6.08 Å². The van der Waals surface area contributed by atoms with Gasteiger partial charge in [-0.05, 0) is 74.5 Å². The Balaban J connectivity index is 1.67. The summed E-state index contributed by atoms with van der Waals surface area (Å²) in [4.78, 5) is 38.9. The van der Waals surface area contributed by atoms with Crippen molar-refractivity contribution in [1.29, 1.82) is 0 Å². The van der Waals surface area contributed by atoms with Gasteiger partial charge in [-0.25, -0.2) is 0 Å². The Kier molecular flexibility index (Phi) is 7.76. The highest BCUT2D eigenvalue weighted by atomic mass is 32.2. The van der Waals surface area contributed by atoms with Gasteiger partial charge in [-0.15, -0.1) is 0 Å². The molecule has 8 nitrogen and oxygen atoms in total. The number of aryl methyl sites for hydroxylation is 1. The maximum Gasteiger partial charge on any atom is 0.294 e. The number of hydrogen-bond donors (Lipinski definition) is 1. The molecular formula is C23H27N3O5S. The van der Waals surface area contributed by atoms with E-state index in [1.165, 1.54) is 0 Å². The number of aromatic nitrogens is 1. The van der Waals surface area contributed by atoms with Gasteiger partial charge in [-0.3, -0.25) is 19.3 Å². The lowest BCUT2D eigenvalue weighted by Crippen LogP contribution is -2.36. The molecule has 2 aromatic rings. The topological polar surface area (TPSA) is 89.9 Å². The zero-order valence-electron chi connectivity index (χ0n) is 18.6. The van der Waals surface area contributed by atoms with Crippen LogP contribution in [0.2, 0.25) is 0 Å². The van der Waals surface area contributed by atoms with Crippen molar-refractivity contribution < 1.29 is 23.9 Å². The van der Waals surface area contributed by atoms with E-state index in [1.807, 2.05) is 26.8 Å². The maximum absolute atomic E-state index is 12.8. The molecule has 0 bridgehead atoms. The van der Waals surface area contributed by atoms with Crippen molar-refractivity contribution in [3.05, 3.63) is 52.2 Å². The molecule has 1 aliphatic rings. The summed E-state index contributed by atoms with van der Waals surface area (Å²) in [7, 11) is 1.65. The van der Waals surface area contributed by atoms with Crippen LogP contribution in [0, 0.1) is 13.8 Å². The average molecular weight is 458 g/mol. The fourth-order valence-corrected chi connectivity index (χ4v) is 4.25. The number of methoxy groups -OCH3 is 1. The molecule has 0 aliphatic carbocycles. The Morgan fingerprint density at radius 1 is 1.19 bits per heavy atom. The summed E-state index contributed by atoms with van der Waals surface area (Å²) in [5.41, 5.74) is 3.45. The molecule has 1 saturated heterocycles. The zero-order valence-corrected chi connectivity index (χ0v) is 19.5. The smallest absolute Gasteiger partial charge is 0.294 e. The Labute approximate surface area is 191 Å². The Morgan fingerprint density at radius 2 is 1.91 bits per heavy atom. The second-order valence-electron chi connectivity index (χ2n) is 7.24. The van der Waals surface area contributed by atoms with Crippen LogP contribution in [-0.2, 0) is 20.9 Å². The van der Waals surface area contributed by atoms with Crippen LogP contribution < -0.4 is 10.1 Å². The van der Waals surface area contributed by atoms with Crippen LogP contribution in [0.15, 0.2) is 35.2 Å². The number of imide groups is 1. The van der Waals surface area contributed by atoms with Crippen molar-refractivity contribution in [2.24, 2.45) is 0 Å². The van der Waals surface area contributed by atoms with E-state index >= 15 is 0 Å². The molecular weight excluding hydrogens is 430 g/mol. The minimum Gasteiger partial charge on any atom is -0.494 e. The number of hydrogen-bond acceptors (Lipinski definition) is 6. The van der Waals surface area contributed by atoms with E-state index in [1.54, 1.807) is 37.5 Å². The monoisotopic (exact) mass is 457 g/mol. The Morgan fingerprint density at radius 3 is 2.56 bits per heavy atom. The Bertz CT molecular complexity index is 1040. The van der Waals surface area contributed by atoms with Crippen molar-refractivity contribution in [1.82, 2.24) is 9.47 Å². The van der Waals surface area contributed by atoms with Crippen LogP contribution in [0.5, 0.6) is 5.75 Å². The molecule has 0 radical (unpaired) electrons. The number of thioether (sulfide) groups is 1. The second kappa shape index (κ2) is 10.5. The molecule has 170 valence electrons. The lowest BCUT2D eigenvalue weighted by atomic mass is 10.2. The van der Waals surface area contributed by atoms with E-state index < -0.39 is 17.1 Å². The second-order valence-corrected chi connectivity index (χ2v) is 8.24. The van der Waals surface area contributed by atoms with E-state index in [9.17, 15) is 14.4 Å². The molecule has 0 unspecified atom stereocenters. The summed E-state index contributed by atoms with van der Waals surface area (Å²) in [6.07, 6.45) is 1.71. The van der Waals surface area contributed by atoms with Gasteiger partial charge in [0.05, 0.1) is 18.1 Å². The number of rotatable bonds is 9. The first kappa shape index (κ1) is 23.6. The first-order valence-electron chi connectivity index (χ1n) is 10.3. The summed E-state index contributed by atoms with van der Waals surface area (Å²) >= 11 is 0.842. The number of amides is 3. The van der Waals surface area contributed by atoms with E-state index in [-0.39, 0.29) is 6.54 Å². The van der Waals surface area contributed by atoms with Crippen LogP contribution in [0.4, 0.5) is 10.5 Å². The summed E-state index contributed by atoms with van der Waals surface area (Å²) in [5, 5.41) is 2.24. The third kappa shape index (κ3) is 5.41. The molecule has 0 atom stereocenters. The average Bonchev–Trinajstić information content (AvgIpc) is 3.17. The quantitative estimate of drug-likeness (QED) is 0.576. The highest BCUT2D eigenvalue weighted by molar-refractivity contribution is 8.18. The molecule has 1 aromatic carbocycles. The molecule has 32 heavy (non-hydrogen) atoms. The number of carbonyl (C=O) groups is 3. The zero-order chi connectivity index (χ0) is 23.3. The van der Waals surface area contributed by atoms with Gasteiger partial charge >= 0.3 is 0 Å². The molecule has 1 N–H and O–H groups in total. The van der Waals surface area contributed by atoms with E-state index in [4.69, 9.17) is 9.47 Å². The standard InChI is InChI=1S/C23H27N3O5S/c1-5-31-19-8-6-18(7-9-19)24-21(27)14-26-22(28)20(32-23(26)29)13-17-12-15(2)25(16(17)3)10-11-30-4/h6-9,12-13H,5,10-11,14H2,1-4H3,(H,24,27)/b20-13+. The number of nitrogens with zero attached hydrogens (tertiary/aromatic N) is 2. The first-order chi connectivity index (χ1) is 15.3. The molecule has 3 amide bonds. The van der Waals surface area contributed by atoms with E-state index in [0.717, 1.165) is 33.6 Å². The first-order valence-corrected chi connectivity index (χ1v) is 11.1. The van der Waals surface area contributed by atoms with Crippen LogP contribution in [0.3, 0.4) is 0 Å². The number of nitrogens with one attached hydrogen (secondary N) is 1. The molecule has 0 saturated carbocycles. The highest BCUT2D eigenvalue weighted by Gasteiger charge is 2.36. The molecule has 1 aromatic heterocycles. The molecule has 9 heteroatoms. The SMILES string of the molecule is CCOc1ccc(NC(=O)CN2C(=O)S/C(=C/c3cc(C)n(CCOC)c3C)C2=O)cc1. The molecule has 1 fully saturated rings. The molecule has 2 heterocycles. The van der Waals surface area contributed by atoms with Crippen molar-refractivity contribution >= 4 is 40.6 Å². The fourth-order valence-electron chi connectivity index (χ4n) is 3.42. The highest BCUT2D eigenvalue weighted by Crippen LogP contribution is 2.33. The van der Waals surface area contributed by atoms with Crippen molar-refractivity contribution in [3.8, 4) is 5.75 Å². The van der Waals surface area contributed by atoms with E-state index in [2.05, 4.69) is 9.88 Å². The van der Waals surface area contributed by atoms with Gasteiger partial charge in [0, 0.05) is 30.7 Å². The van der Waals surface area contributed by atoms with Crippen molar-refractivity contribution in [3.63, 3.8) is 0 Å². The molecule has 1 aliphatic heterocycles. The van der Waals surface area contributed by atoms with Crippen molar-refractivity contribution in [2.45, 2.75) is 27.3 Å². The van der Waals surface area contributed by atoms with Gasteiger partial charge in [-0.1, -0.05) is 0 Å². The lowest BCUT2D eigenvalue weighted by molar-refractivity contribution is -0.127. The van der Waals surface area contributed by atoms with Crippen LogP contribution in [-0.4, -0.2) is 53.4 Å². The Hall–Kier alpha value is -3.04. The predicted molar refractivity (Wildman–Crippen MR) is 125 cm³/mol. The number of anilines is 1. The number of ether oxygens (including phenoxy) is 2. The van der Waals surface area contributed by atoms with Crippen molar-refractivity contribution in [2.75, 3.05) is 32.2 Å². The van der Waals surface area contributed by atoms with Gasteiger partial charge in [0.1, 0.15) is 12.3 Å².